The van der Waals surface area contributed by atoms with Crippen LogP contribution in [-0.4, -0.2) is 30.6 Å². The summed E-state index contributed by atoms with van der Waals surface area (Å²) in [6.07, 6.45) is 2.73. The molecule has 0 spiro atoms. The minimum Gasteiger partial charge on any atom is -0.370 e. The third-order valence-electron chi connectivity index (χ3n) is 3.75. The number of thioether (sulfide) groups is 1. The van der Waals surface area contributed by atoms with Crippen LogP contribution in [0.4, 0.5) is 5.69 Å². The Morgan fingerprint density at radius 2 is 2.06 bits per heavy atom. The molecular formula is C15H22N2S. The van der Waals surface area contributed by atoms with E-state index in [2.05, 4.69) is 47.1 Å². The summed E-state index contributed by atoms with van der Waals surface area (Å²) in [5, 5.41) is 3.65. The fourth-order valence-electron chi connectivity index (χ4n) is 2.51. The van der Waals surface area contributed by atoms with Gasteiger partial charge in [0.1, 0.15) is 0 Å². The molecule has 3 heteroatoms. The van der Waals surface area contributed by atoms with Crippen molar-refractivity contribution in [3.05, 3.63) is 29.3 Å². The molecular weight excluding hydrogens is 240 g/mol. The average molecular weight is 262 g/mol. The number of rotatable bonds is 4. The van der Waals surface area contributed by atoms with Crippen LogP contribution < -0.4 is 10.2 Å². The number of anilines is 1. The first kappa shape index (κ1) is 12.4. The maximum Gasteiger partial charge on any atom is 0.0412 e. The van der Waals surface area contributed by atoms with E-state index < -0.39 is 0 Å². The highest BCUT2D eigenvalue weighted by Crippen LogP contribution is 2.26. The number of aryl methyl sites for hydroxylation is 1. The Morgan fingerprint density at radius 3 is 2.78 bits per heavy atom. The topological polar surface area (TPSA) is 15.3 Å². The van der Waals surface area contributed by atoms with E-state index in [9.17, 15) is 0 Å². The molecule has 98 valence electrons. The fourth-order valence-corrected chi connectivity index (χ4v) is 3.41. The second kappa shape index (κ2) is 5.54. The molecule has 2 fully saturated rings. The number of hydrogen-bond acceptors (Lipinski definition) is 3. The van der Waals surface area contributed by atoms with E-state index in [0.29, 0.717) is 0 Å². The molecule has 0 unspecified atom stereocenters. The monoisotopic (exact) mass is 262 g/mol. The third-order valence-corrected chi connectivity index (χ3v) is 4.69. The number of nitrogens with one attached hydrogen (secondary N) is 1. The van der Waals surface area contributed by atoms with E-state index in [0.717, 1.165) is 12.6 Å². The molecule has 0 aromatic heterocycles. The van der Waals surface area contributed by atoms with Crippen LogP contribution in [0.15, 0.2) is 18.2 Å². The maximum absolute atomic E-state index is 3.65. The van der Waals surface area contributed by atoms with E-state index in [1.165, 1.54) is 54.3 Å². The first-order valence-electron chi connectivity index (χ1n) is 6.98. The molecule has 1 aromatic carbocycles. The molecule has 1 N–H and O–H groups in total. The van der Waals surface area contributed by atoms with Crippen LogP contribution in [-0.2, 0) is 6.54 Å². The fraction of sp³-hybridized carbons (Fsp3) is 0.600. The van der Waals surface area contributed by atoms with Crippen LogP contribution in [0, 0.1) is 6.92 Å². The van der Waals surface area contributed by atoms with Crippen LogP contribution in [0.3, 0.4) is 0 Å². The van der Waals surface area contributed by atoms with Crippen molar-refractivity contribution in [2.45, 2.75) is 32.4 Å². The quantitative estimate of drug-likeness (QED) is 0.898. The number of benzene rings is 1. The van der Waals surface area contributed by atoms with Crippen LogP contribution in [0.2, 0.25) is 0 Å². The van der Waals surface area contributed by atoms with Gasteiger partial charge in [-0.2, -0.15) is 11.8 Å². The minimum absolute atomic E-state index is 0.787. The van der Waals surface area contributed by atoms with Crippen molar-refractivity contribution in [2.75, 3.05) is 29.5 Å². The summed E-state index contributed by atoms with van der Waals surface area (Å²) in [6, 6.07) is 7.70. The van der Waals surface area contributed by atoms with Gasteiger partial charge in [0.15, 0.2) is 0 Å². The standard InChI is InChI=1S/C15H22N2S/c1-12-2-5-15(17-6-8-18-9-7-17)13(10-12)11-16-14-3-4-14/h2,5,10,14,16H,3-4,6-9,11H2,1H3. The van der Waals surface area contributed by atoms with E-state index in [1.807, 2.05) is 0 Å². The Kier molecular flexibility index (Phi) is 3.80. The molecule has 0 radical (unpaired) electrons. The van der Waals surface area contributed by atoms with Crippen molar-refractivity contribution in [3.8, 4) is 0 Å². The van der Waals surface area contributed by atoms with Gasteiger partial charge in [0, 0.05) is 42.9 Å². The molecule has 3 rings (SSSR count). The molecule has 2 aliphatic rings. The average Bonchev–Trinajstić information content (AvgIpc) is 3.21. The summed E-state index contributed by atoms with van der Waals surface area (Å²) in [4.78, 5) is 2.56. The molecule has 2 nitrogen and oxygen atoms in total. The Labute approximate surface area is 114 Å². The van der Waals surface area contributed by atoms with Crippen LogP contribution >= 0.6 is 11.8 Å². The summed E-state index contributed by atoms with van der Waals surface area (Å²) < 4.78 is 0. The molecule has 1 aliphatic heterocycles. The zero-order valence-electron chi connectivity index (χ0n) is 11.1. The van der Waals surface area contributed by atoms with Gasteiger partial charge in [-0.05, 0) is 31.4 Å². The van der Waals surface area contributed by atoms with Crippen molar-refractivity contribution in [2.24, 2.45) is 0 Å². The maximum atomic E-state index is 3.65. The number of nitrogens with zero attached hydrogens (tertiary/aromatic N) is 1. The Hall–Kier alpha value is -0.670. The molecule has 1 aromatic rings. The number of hydrogen-bond donors (Lipinski definition) is 1. The minimum atomic E-state index is 0.787. The van der Waals surface area contributed by atoms with Gasteiger partial charge in [0.05, 0.1) is 0 Å². The lowest BCUT2D eigenvalue weighted by molar-refractivity contribution is 0.684. The van der Waals surface area contributed by atoms with Gasteiger partial charge < -0.3 is 10.2 Å². The Balaban J connectivity index is 1.76. The highest BCUT2D eigenvalue weighted by atomic mass is 32.2. The first-order chi connectivity index (χ1) is 8.83. The molecule has 1 saturated heterocycles. The van der Waals surface area contributed by atoms with Crippen molar-refractivity contribution < 1.29 is 0 Å². The lowest BCUT2D eigenvalue weighted by atomic mass is 10.1. The van der Waals surface area contributed by atoms with Crippen LogP contribution in [0.5, 0.6) is 0 Å². The van der Waals surface area contributed by atoms with Crippen molar-refractivity contribution in [3.63, 3.8) is 0 Å². The molecule has 0 bridgehead atoms. The van der Waals surface area contributed by atoms with E-state index in [4.69, 9.17) is 0 Å². The molecule has 0 atom stereocenters. The smallest absolute Gasteiger partial charge is 0.0412 e. The van der Waals surface area contributed by atoms with E-state index in [-0.39, 0.29) is 0 Å². The summed E-state index contributed by atoms with van der Waals surface area (Å²) in [7, 11) is 0. The first-order valence-corrected chi connectivity index (χ1v) is 8.14. The normalized spacial score (nSPS) is 20.2. The molecule has 18 heavy (non-hydrogen) atoms. The second-order valence-corrected chi connectivity index (χ2v) is 6.61. The Bertz CT molecular complexity index is 409. The SMILES string of the molecule is Cc1ccc(N2CCSCC2)c(CNC2CC2)c1. The van der Waals surface area contributed by atoms with Gasteiger partial charge in [-0.15, -0.1) is 0 Å². The summed E-state index contributed by atoms with van der Waals surface area (Å²) in [5.41, 5.74) is 4.31. The van der Waals surface area contributed by atoms with Gasteiger partial charge >= 0.3 is 0 Å². The van der Waals surface area contributed by atoms with Crippen molar-refractivity contribution >= 4 is 17.4 Å². The van der Waals surface area contributed by atoms with Gasteiger partial charge in [-0.25, -0.2) is 0 Å². The summed E-state index contributed by atoms with van der Waals surface area (Å²) in [5.74, 6) is 2.53. The van der Waals surface area contributed by atoms with Crippen molar-refractivity contribution in [1.29, 1.82) is 0 Å². The van der Waals surface area contributed by atoms with E-state index >= 15 is 0 Å². The lowest BCUT2D eigenvalue weighted by Crippen LogP contribution is -2.33. The Morgan fingerprint density at radius 1 is 1.28 bits per heavy atom. The van der Waals surface area contributed by atoms with Gasteiger partial charge in [0.2, 0.25) is 0 Å². The molecule has 0 amide bonds. The predicted molar refractivity (Wildman–Crippen MR) is 80.6 cm³/mol. The van der Waals surface area contributed by atoms with Gasteiger partial charge in [0.25, 0.3) is 0 Å². The van der Waals surface area contributed by atoms with Crippen LogP contribution in [0.25, 0.3) is 0 Å². The molecule has 1 aliphatic carbocycles. The highest BCUT2D eigenvalue weighted by Gasteiger charge is 2.21. The predicted octanol–water partition coefficient (Wildman–Crippen LogP) is 2.80. The van der Waals surface area contributed by atoms with Gasteiger partial charge in [-0.1, -0.05) is 17.7 Å². The zero-order chi connectivity index (χ0) is 12.4. The highest BCUT2D eigenvalue weighted by molar-refractivity contribution is 7.99. The molecule has 1 saturated carbocycles. The van der Waals surface area contributed by atoms with E-state index in [1.54, 1.807) is 0 Å². The van der Waals surface area contributed by atoms with Crippen LogP contribution in [0.1, 0.15) is 24.0 Å². The van der Waals surface area contributed by atoms with Gasteiger partial charge in [-0.3, -0.25) is 0 Å². The lowest BCUT2D eigenvalue weighted by Gasteiger charge is -2.30. The second-order valence-electron chi connectivity index (χ2n) is 5.39. The zero-order valence-corrected chi connectivity index (χ0v) is 11.9. The van der Waals surface area contributed by atoms with Crippen molar-refractivity contribution in [1.82, 2.24) is 5.32 Å². The summed E-state index contributed by atoms with van der Waals surface area (Å²) >= 11 is 2.07. The summed E-state index contributed by atoms with van der Waals surface area (Å²) in [6.45, 7) is 5.62. The third kappa shape index (κ3) is 3.01. The molecule has 1 heterocycles. The largest absolute Gasteiger partial charge is 0.370 e.